The van der Waals surface area contributed by atoms with Crippen LogP contribution in [-0.2, 0) is 20.8 Å². The Hall–Kier alpha value is -1.70. The summed E-state index contributed by atoms with van der Waals surface area (Å²) in [5, 5.41) is 0.598. The van der Waals surface area contributed by atoms with Crippen molar-refractivity contribution in [3.05, 3.63) is 59.1 Å². The third-order valence-electron chi connectivity index (χ3n) is 6.56. The third kappa shape index (κ3) is 3.55. The van der Waals surface area contributed by atoms with Crippen molar-refractivity contribution in [2.24, 2.45) is 23.7 Å². The van der Waals surface area contributed by atoms with Crippen molar-refractivity contribution in [3.8, 4) is 5.75 Å². The van der Waals surface area contributed by atoms with Gasteiger partial charge in [-0.3, -0.25) is 14.4 Å². The molecular weight excluding hydrogens is 550 g/mol. The summed E-state index contributed by atoms with van der Waals surface area (Å²) in [7, 11) is 0. The number of hydrogen-bond acceptors (Lipinski definition) is 4. The molecule has 1 heterocycles. The lowest BCUT2D eigenvalue weighted by Crippen LogP contribution is -2.37. The molecule has 0 aromatic heterocycles. The largest absolute Gasteiger partial charge is 0.426 e. The Labute approximate surface area is 201 Å². The Morgan fingerprint density at radius 2 is 1.61 bits per heavy atom. The Morgan fingerprint density at radius 1 is 1.00 bits per heavy atom. The van der Waals surface area contributed by atoms with E-state index in [1.165, 1.54) is 4.90 Å². The highest BCUT2D eigenvalue weighted by molar-refractivity contribution is 9.12. The van der Waals surface area contributed by atoms with E-state index in [9.17, 15) is 14.4 Å². The molecule has 2 aromatic rings. The van der Waals surface area contributed by atoms with Gasteiger partial charge in [0.15, 0.2) is 0 Å². The lowest BCUT2D eigenvalue weighted by molar-refractivity contribution is -0.133. The Morgan fingerprint density at radius 3 is 2.23 bits per heavy atom. The normalized spacial score (nSPS) is 31.3. The molecule has 5 nitrogen and oxygen atoms in total. The topological polar surface area (TPSA) is 63.7 Å². The molecular formula is C23H18Br2ClNO4. The summed E-state index contributed by atoms with van der Waals surface area (Å²) < 4.78 is 5.47. The molecule has 160 valence electrons. The molecule has 2 amide bonds. The van der Waals surface area contributed by atoms with E-state index in [4.69, 9.17) is 16.3 Å². The number of rotatable bonds is 4. The van der Waals surface area contributed by atoms with Crippen LogP contribution in [0.3, 0.4) is 0 Å². The van der Waals surface area contributed by atoms with Gasteiger partial charge in [0.05, 0.1) is 23.9 Å². The van der Waals surface area contributed by atoms with Gasteiger partial charge in [0.1, 0.15) is 5.75 Å². The van der Waals surface area contributed by atoms with Crippen molar-refractivity contribution < 1.29 is 19.1 Å². The summed E-state index contributed by atoms with van der Waals surface area (Å²) in [5.74, 6) is -0.709. The van der Waals surface area contributed by atoms with E-state index < -0.39 is 5.97 Å². The number of esters is 1. The van der Waals surface area contributed by atoms with Crippen molar-refractivity contribution in [1.29, 1.82) is 0 Å². The predicted octanol–water partition coefficient (Wildman–Crippen LogP) is 4.77. The second-order valence-electron chi connectivity index (χ2n) is 8.29. The molecule has 2 aliphatic carbocycles. The van der Waals surface area contributed by atoms with Crippen LogP contribution in [0.4, 0.5) is 5.69 Å². The van der Waals surface area contributed by atoms with Gasteiger partial charge < -0.3 is 4.74 Å². The van der Waals surface area contributed by atoms with E-state index >= 15 is 0 Å². The second kappa shape index (κ2) is 8.01. The SMILES string of the molecule is O=C(Cc1ccc(Cl)cc1)Oc1cccc(N2C(=O)C3C4CC(C(Br)C4Br)C3C2=O)c1. The molecule has 0 radical (unpaired) electrons. The zero-order valence-corrected chi connectivity index (χ0v) is 20.1. The number of benzene rings is 2. The minimum absolute atomic E-state index is 0.0930. The molecule has 0 N–H and O–H groups in total. The number of ether oxygens (including phenoxy) is 1. The van der Waals surface area contributed by atoms with Crippen LogP contribution < -0.4 is 9.64 Å². The molecule has 31 heavy (non-hydrogen) atoms. The first-order valence-electron chi connectivity index (χ1n) is 10.1. The fraction of sp³-hybridized carbons (Fsp3) is 0.348. The maximum absolute atomic E-state index is 13.2. The molecule has 2 aromatic carbocycles. The van der Waals surface area contributed by atoms with E-state index in [1.807, 2.05) is 0 Å². The van der Waals surface area contributed by atoms with Crippen LogP contribution in [-0.4, -0.2) is 27.4 Å². The number of hydrogen-bond donors (Lipinski definition) is 0. The van der Waals surface area contributed by atoms with E-state index in [2.05, 4.69) is 31.9 Å². The minimum atomic E-state index is -0.433. The average Bonchev–Trinajstić information content (AvgIpc) is 3.35. The maximum Gasteiger partial charge on any atom is 0.315 e. The van der Waals surface area contributed by atoms with Crippen LogP contribution in [0.1, 0.15) is 12.0 Å². The number of imide groups is 1. The number of halogens is 3. The smallest absolute Gasteiger partial charge is 0.315 e. The number of fused-ring (bicyclic) bond motifs is 5. The molecule has 6 atom stereocenters. The summed E-state index contributed by atoms with van der Waals surface area (Å²) in [4.78, 5) is 40.4. The van der Waals surface area contributed by atoms with Gasteiger partial charge in [0.25, 0.3) is 0 Å². The van der Waals surface area contributed by atoms with Crippen LogP contribution in [0.2, 0.25) is 5.02 Å². The standard InChI is InChI=1S/C23H18Br2ClNO4/c24-20-15-10-16(21(20)25)19-18(15)22(29)27(23(19)30)13-2-1-3-14(9-13)31-17(28)8-11-4-6-12(26)7-5-11/h1-7,9,15-16,18-21H,8,10H2. The fourth-order valence-electron chi connectivity index (χ4n) is 5.23. The summed E-state index contributed by atoms with van der Waals surface area (Å²) in [6, 6.07) is 13.6. The Bertz CT molecular complexity index is 1040. The van der Waals surface area contributed by atoms with E-state index in [-0.39, 0.29) is 51.6 Å². The summed E-state index contributed by atoms with van der Waals surface area (Å²) >= 11 is 13.3. The van der Waals surface area contributed by atoms with Gasteiger partial charge in [0.2, 0.25) is 11.8 Å². The van der Waals surface area contributed by atoms with Crippen molar-refractivity contribution in [3.63, 3.8) is 0 Å². The van der Waals surface area contributed by atoms with Gasteiger partial charge >= 0.3 is 5.97 Å². The van der Waals surface area contributed by atoms with Crippen LogP contribution in [0.15, 0.2) is 48.5 Å². The zero-order chi connectivity index (χ0) is 21.9. The summed E-state index contributed by atoms with van der Waals surface area (Å²) in [6.07, 6.45) is 0.977. The molecule has 1 aliphatic heterocycles. The molecule has 6 unspecified atom stereocenters. The van der Waals surface area contributed by atoms with Crippen LogP contribution in [0.25, 0.3) is 0 Å². The maximum atomic E-state index is 13.2. The number of carbonyl (C=O) groups excluding carboxylic acids is 3. The van der Waals surface area contributed by atoms with Gasteiger partial charge in [0, 0.05) is 20.7 Å². The molecule has 1 saturated heterocycles. The highest BCUT2D eigenvalue weighted by Gasteiger charge is 2.66. The highest BCUT2D eigenvalue weighted by atomic mass is 79.9. The first kappa shape index (κ1) is 21.2. The molecule has 3 aliphatic rings. The average molecular weight is 568 g/mol. The quantitative estimate of drug-likeness (QED) is 0.231. The van der Waals surface area contributed by atoms with E-state index in [0.29, 0.717) is 16.5 Å². The van der Waals surface area contributed by atoms with Gasteiger partial charge in [-0.1, -0.05) is 61.7 Å². The van der Waals surface area contributed by atoms with Gasteiger partial charge in [-0.15, -0.1) is 0 Å². The number of carbonyl (C=O) groups is 3. The molecule has 3 fully saturated rings. The van der Waals surface area contributed by atoms with Crippen LogP contribution in [0.5, 0.6) is 5.75 Å². The summed E-state index contributed by atoms with van der Waals surface area (Å²) in [5.41, 5.74) is 1.23. The van der Waals surface area contributed by atoms with Crippen LogP contribution >= 0.6 is 43.5 Å². The lowest BCUT2D eigenvalue weighted by atomic mass is 9.81. The predicted molar refractivity (Wildman–Crippen MR) is 124 cm³/mol. The first-order chi connectivity index (χ1) is 14.8. The number of amides is 2. The first-order valence-corrected chi connectivity index (χ1v) is 12.3. The zero-order valence-electron chi connectivity index (χ0n) is 16.2. The highest BCUT2D eigenvalue weighted by Crippen LogP contribution is 2.60. The molecule has 0 spiro atoms. The van der Waals surface area contributed by atoms with E-state index in [1.54, 1.807) is 48.5 Å². The Balaban J connectivity index is 1.33. The monoisotopic (exact) mass is 565 g/mol. The van der Waals surface area contributed by atoms with Crippen LogP contribution in [0, 0.1) is 23.7 Å². The second-order valence-corrected chi connectivity index (χ2v) is 10.8. The lowest BCUT2D eigenvalue weighted by Gasteiger charge is -2.28. The van der Waals surface area contributed by atoms with Crippen molar-refractivity contribution >= 4 is 66.9 Å². The molecule has 5 rings (SSSR count). The number of anilines is 1. The molecule has 8 heteroatoms. The summed E-state index contributed by atoms with van der Waals surface area (Å²) in [6.45, 7) is 0. The number of alkyl halides is 2. The van der Waals surface area contributed by atoms with Gasteiger partial charge in [-0.25, -0.2) is 4.90 Å². The van der Waals surface area contributed by atoms with Gasteiger partial charge in [-0.2, -0.15) is 0 Å². The van der Waals surface area contributed by atoms with E-state index in [0.717, 1.165) is 12.0 Å². The van der Waals surface area contributed by atoms with Crippen molar-refractivity contribution in [2.75, 3.05) is 4.90 Å². The Kier molecular flexibility index (Phi) is 5.47. The van der Waals surface area contributed by atoms with Gasteiger partial charge in [-0.05, 0) is 48.1 Å². The number of nitrogens with zero attached hydrogens (tertiary/aromatic N) is 1. The molecule has 2 saturated carbocycles. The van der Waals surface area contributed by atoms with Crippen molar-refractivity contribution in [2.45, 2.75) is 22.5 Å². The fourth-order valence-corrected chi connectivity index (χ4v) is 7.23. The third-order valence-corrected chi connectivity index (χ3v) is 10.0. The van der Waals surface area contributed by atoms with Crippen molar-refractivity contribution in [1.82, 2.24) is 0 Å². The molecule has 2 bridgehead atoms. The minimum Gasteiger partial charge on any atom is -0.426 e.